The summed E-state index contributed by atoms with van der Waals surface area (Å²) in [6, 6.07) is 1.09. The van der Waals surface area contributed by atoms with Crippen LogP contribution >= 0.6 is 12.4 Å². The number of rotatable bonds is 5. The number of alkyl halides is 3. The molecule has 0 amide bonds. The number of hydrogen-bond acceptors (Lipinski definition) is 2. The molecule has 0 radical (unpaired) electrons. The summed E-state index contributed by atoms with van der Waals surface area (Å²) in [5, 5.41) is 9.88. The Kier molecular flexibility index (Phi) is 7.64. The fourth-order valence-electron chi connectivity index (χ4n) is 1.87. The zero-order valence-corrected chi connectivity index (χ0v) is 12.6. The number of benzene rings is 1. The van der Waals surface area contributed by atoms with E-state index in [1.54, 1.807) is 0 Å². The topological polar surface area (TPSA) is 46.2 Å². The van der Waals surface area contributed by atoms with Crippen LogP contribution in [-0.2, 0) is 6.18 Å². The fraction of sp³-hybridized carbons (Fsp3) is 0.571. The molecule has 0 aromatic heterocycles. The first-order valence-corrected chi connectivity index (χ1v) is 6.42. The Balaban J connectivity index is 0.00000400. The van der Waals surface area contributed by atoms with Crippen LogP contribution in [0.3, 0.4) is 0 Å². The van der Waals surface area contributed by atoms with E-state index in [1.807, 2.05) is 13.8 Å². The second-order valence-corrected chi connectivity index (χ2v) is 5.34. The number of aliphatic hydroxyl groups excluding tert-OH is 1. The highest BCUT2D eigenvalue weighted by Crippen LogP contribution is 2.32. The SMILES string of the molecule is CC(C)CC[C@H](O)[C@H](N)c1cc(F)cc(C(F)(F)F)c1.Cl. The van der Waals surface area contributed by atoms with Gasteiger partial charge in [-0.25, -0.2) is 4.39 Å². The van der Waals surface area contributed by atoms with E-state index >= 15 is 0 Å². The van der Waals surface area contributed by atoms with Crippen molar-refractivity contribution < 1.29 is 22.7 Å². The van der Waals surface area contributed by atoms with Crippen LogP contribution in [0, 0.1) is 11.7 Å². The molecule has 0 aliphatic heterocycles. The lowest BCUT2D eigenvalue weighted by Crippen LogP contribution is -2.27. The first-order valence-electron chi connectivity index (χ1n) is 6.42. The Morgan fingerprint density at radius 1 is 1.14 bits per heavy atom. The van der Waals surface area contributed by atoms with Gasteiger partial charge in [0.2, 0.25) is 0 Å². The maximum Gasteiger partial charge on any atom is 0.416 e. The molecule has 1 aromatic carbocycles. The quantitative estimate of drug-likeness (QED) is 0.800. The molecule has 0 spiro atoms. The van der Waals surface area contributed by atoms with E-state index in [1.165, 1.54) is 0 Å². The molecule has 0 aliphatic rings. The van der Waals surface area contributed by atoms with Gasteiger partial charge in [0.1, 0.15) is 5.82 Å². The molecule has 0 unspecified atom stereocenters. The molecule has 122 valence electrons. The molecular weight excluding hydrogens is 310 g/mol. The van der Waals surface area contributed by atoms with Gasteiger partial charge in [-0.3, -0.25) is 0 Å². The largest absolute Gasteiger partial charge is 0.416 e. The van der Waals surface area contributed by atoms with E-state index < -0.39 is 29.7 Å². The van der Waals surface area contributed by atoms with Gasteiger partial charge in [0, 0.05) is 0 Å². The number of hydrogen-bond donors (Lipinski definition) is 2. The molecule has 1 rings (SSSR count). The van der Waals surface area contributed by atoms with Crippen molar-refractivity contribution in [2.75, 3.05) is 0 Å². The van der Waals surface area contributed by atoms with Crippen molar-refractivity contribution in [1.29, 1.82) is 0 Å². The molecule has 0 fully saturated rings. The summed E-state index contributed by atoms with van der Waals surface area (Å²) >= 11 is 0. The first kappa shape index (κ1) is 20.1. The number of aliphatic hydroxyl groups is 1. The van der Waals surface area contributed by atoms with Crippen molar-refractivity contribution in [3.05, 3.63) is 35.1 Å². The lowest BCUT2D eigenvalue weighted by molar-refractivity contribution is -0.137. The molecular formula is C14H20ClF4NO. The zero-order valence-electron chi connectivity index (χ0n) is 11.8. The van der Waals surface area contributed by atoms with Crippen LogP contribution < -0.4 is 5.73 Å². The minimum Gasteiger partial charge on any atom is -0.391 e. The second kappa shape index (κ2) is 7.96. The van der Waals surface area contributed by atoms with Crippen molar-refractivity contribution in [2.24, 2.45) is 11.7 Å². The minimum atomic E-state index is -4.64. The van der Waals surface area contributed by atoms with E-state index in [-0.39, 0.29) is 18.0 Å². The molecule has 0 saturated carbocycles. The standard InChI is InChI=1S/C14H19F4NO.ClH/c1-8(2)3-4-12(20)13(19)9-5-10(14(16,17)18)7-11(15)6-9;/h5-8,12-13,20H,3-4,19H2,1-2H3;1H/t12-,13+;/m0./s1. The van der Waals surface area contributed by atoms with Gasteiger partial charge in [0.25, 0.3) is 0 Å². The summed E-state index contributed by atoms with van der Waals surface area (Å²) in [5.41, 5.74) is 4.58. The van der Waals surface area contributed by atoms with Gasteiger partial charge < -0.3 is 10.8 Å². The van der Waals surface area contributed by atoms with Crippen LogP contribution in [0.25, 0.3) is 0 Å². The van der Waals surface area contributed by atoms with Crippen LogP contribution in [0.1, 0.15) is 43.9 Å². The summed E-state index contributed by atoms with van der Waals surface area (Å²) in [5.74, 6) is -0.670. The fourth-order valence-corrected chi connectivity index (χ4v) is 1.87. The van der Waals surface area contributed by atoms with Gasteiger partial charge in [-0.1, -0.05) is 13.8 Å². The lowest BCUT2D eigenvalue weighted by Gasteiger charge is -2.21. The van der Waals surface area contributed by atoms with Crippen molar-refractivity contribution in [1.82, 2.24) is 0 Å². The average Bonchev–Trinajstić information content (AvgIpc) is 2.33. The Hall–Kier alpha value is -0.850. The van der Waals surface area contributed by atoms with E-state index in [0.29, 0.717) is 24.8 Å². The van der Waals surface area contributed by atoms with E-state index in [0.717, 1.165) is 12.1 Å². The molecule has 3 N–H and O–H groups in total. The van der Waals surface area contributed by atoms with Crippen LogP contribution in [-0.4, -0.2) is 11.2 Å². The van der Waals surface area contributed by atoms with Crippen LogP contribution in [0.15, 0.2) is 18.2 Å². The molecule has 0 saturated heterocycles. The van der Waals surface area contributed by atoms with Gasteiger partial charge >= 0.3 is 6.18 Å². The van der Waals surface area contributed by atoms with Gasteiger partial charge in [0.05, 0.1) is 17.7 Å². The number of halogens is 5. The molecule has 1 aromatic rings. The van der Waals surface area contributed by atoms with E-state index in [9.17, 15) is 22.7 Å². The van der Waals surface area contributed by atoms with Crippen LogP contribution in [0.2, 0.25) is 0 Å². The Labute approximate surface area is 127 Å². The summed E-state index contributed by atoms with van der Waals surface area (Å²) in [7, 11) is 0. The van der Waals surface area contributed by atoms with Crippen molar-refractivity contribution >= 4 is 12.4 Å². The van der Waals surface area contributed by atoms with Crippen molar-refractivity contribution in [3.8, 4) is 0 Å². The first-order chi connectivity index (χ1) is 9.11. The average molecular weight is 330 g/mol. The highest BCUT2D eigenvalue weighted by Gasteiger charge is 2.32. The Morgan fingerprint density at radius 3 is 2.19 bits per heavy atom. The molecule has 0 heterocycles. The monoisotopic (exact) mass is 329 g/mol. The molecule has 0 bridgehead atoms. The summed E-state index contributed by atoms with van der Waals surface area (Å²) in [6.45, 7) is 3.92. The molecule has 21 heavy (non-hydrogen) atoms. The number of nitrogens with two attached hydrogens (primary N) is 1. The third kappa shape index (κ3) is 6.20. The lowest BCUT2D eigenvalue weighted by atomic mass is 9.95. The highest BCUT2D eigenvalue weighted by molar-refractivity contribution is 5.85. The van der Waals surface area contributed by atoms with E-state index in [4.69, 9.17) is 5.73 Å². The predicted molar refractivity (Wildman–Crippen MR) is 75.7 cm³/mol. The van der Waals surface area contributed by atoms with Crippen molar-refractivity contribution in [3.63, 3.8) is 0 Å². The smallest absolute Gasteiger partial charge is 0.391 e. The summed E-state index contributed by atoms with van der Waals surface area (Å²) in [6.07, 6.45) is -4.59. The molecule has 7 heteroatoms. The third-order valence-corrected chi connectivity index (χ3v) is 3.09. The summed E-state index contributed by atoms with van der Waals surface area (Å²) in [4.78, 5) is 0. The van der Waals surface area contributed by atoms with Gasteiger partial charge in [0.15, 0.2) is 0 Å². The summed E-state index contributed by atoms with van der Waals surface area (Å²) < 4.78 is 51.0. The Bertz CT molecular complexity index is 451. The second-order valence-electron chi connectivity index (χ2n) is 5.34. The zero-order chi connectivity index (χ0) is 15.5. The van der Waals surface area contributed by atoms with Crippen LogP contribution in [0.4, 0.5) is 17.6 Å². The Morgan fingerprint density at radius 2 is 1.71 bits per heavy atom. The predicted octanol–water partition coefficient (Wildman–Crippen LogP) is 4.06. The highest BCUT2D eigenvalue weighted by atomic mass is 35.5. The van der Waals surface area contributed by atoms with Gasteiger partial charge in [-0.2, -0.15) is 13.2 Å². The van der Waals surface area contributed by atoms with Crippen molar-refractivity contribution in [2.45, 2.75) is 45.0 Å². The van der Waals surface area contributed by atoms with Gasteiger partial charge in [-0.05, 0) is 42.5 Å². The van der Waals surface area contributed by atoms with E-state index in [2.05, 4.69) is 0 Å². The maximum atomic E-state index is 13.3. The molecule has 2 atom stereocenters. The normalized spacial score (nSPS) is 14.7. The minimum absolute atomic E-state index is 0. The third-order valence-electron chi connectivity index (χ3n) is 3.09. The van der Waals surface area contributed by atoms with Crippen LogP contribution in [0.5, 0.6) is 0 Å². The molecule has 0 aliphatic carbocycles. The van der Waals surface area contributed by atoms with Gasteiger partial charge in [-0.15, -0.1) is 12.4 Å². The maximum absolute atomic E-state index is 13.3. The molecule has 2 nitrogen and oxygen atoms in total.